The number of hydrogen-bond donors (Lipinski definition) is 2. The molecule has 0 radical (unpaired) electrons. The van der Waals surface area contributed by atoms with Crippen molar-refractivity contribution in [3.8, 4) is 0 Å². The molecule has 1 heterocycles. The Morgan fingerprint density at radius 1 is 0.933 bits per heavy atom. The first-order chi connectivity index (χ1) is 14.6. The lowest BCUT2D eigenvalue weighted by Crippen LogP contribution is -2.38. The summed E-state index contributed by atoms with van der Waals surface area (Å²) in [4.78, 5) is 28.6. The van der Waals surface area contributed by atoms with Crippen molar-refractivity contribution in [2.75, 3.05) is 13.1 Å². The van der Waals surface area contributed by atoms with Crippen LogP contribution < -0.4 is 10.6 Å². The Hall–Kier alpha value is -3.38. The number of nitrogens with one attached hydrogen (secondary N) is 2. The average Bonchev–Trinajstić information content (AvgIpc) is 2.79. The number of benzene rings is 2. The second kappa shape index (κ2) is 11.0. The second-order valence-corrected chi connectivity index (χ2v) is 6.96. The molecule has 6 heteroatoms. The molecule has 0 aliphatic rings. The number of halogens is 1. The number of ketones is 1. The van der Waals surface area contributed by atoms with Gasteiger partial charge in [-0.25, -0.2) is 4.39 Å². The highest BCUT2D eigenvalue weighted by Crippen LogP contribution is 2.09. The molecule has 1 aromatic heterocycles. The fraction of sp³-hybridized carbons (Fsp3) is 0.208. The van der Waals surface area contributed by atoms with E-state index in [0.29, 0.717) is 30.6 Å². The van der Waals surface area contributed by atoms with Gasteiger partial charge in [-0.2, -0.15) is 0 Å². The molecule has 0 aliphatic carbocycles. The van der Waals surface area contributed by atoms with Crippen LogP contribution in [0.1, 0.15) is 32.8 Å². The fourth-order valence-corrected chi connectivity index (χ4v) is 3.09. The van der Waals surface area contributed by atoms with Crippen LogP contribution in [0.2, 0.25) is 0 Å². The molecule has 0 saturated carbocycles. The molecule has 0 fully saturated rings. The molecule has 2 aromatic carbocycles. The maximum atomic E-state index is 13.2. The van der Waals surface area contributed by atoms with E-state index < -0.39 is 0 Å². The molecule has 2 N–H and O–H groups in total. The Morgan fingerprint density at radius 3 is 2.37 bits per heavy atom. The lowest BCUT2D eigenvalue weighted by atomic mass is 10.0. The monoisotopic (exact) mass is 405 g/mol. The summed E-state index contributed by atoms with van der Waals surface area (Å²) in [6, 6.07) is 20.5. The molecule has 1 atom stereocenters. The van der Waals surface area contributed by atoms with E-state index in [1.165, 1.54) is 12.1 Å². The van der Waals surface area contributed by atoms with Gasteiger partial charge < -0.3 is 10.6 Å². The minimum Gasteiger partial charge on any atom is -0.351 e. The third kappa shape index (κ3) is 6.60. The third-order valence-electron chi connectivity index (χ3n) is 4.72. The van der Waals surface area contributed by atoms with Gasteiger partial charge >= 0.3 is 0 Å². The summed E-state index contributed by atoms with van der Waals surface area (Å²) >= 11 is 0. The van der Waals surface area contributed by atoms with Crippen LogP contribution in [0.15, 0.2) is 79.0 Å². The molecule has 0 spiro atoms. The van der Waals surface area contributed by atoms with Crippen molar-refractivity contribution in [3.05, 3.63) is 102 Å². The van der Waals surface area contributed by atoms with Crippen molar-refractivity contribution < 1.29 is 14.0 Å². The van der Waals surface area contributed by atoms with Crippen molar-refractivity contribution in [2.24, 2.45) is 0 Å². The predicted molar refractivity (Wildman–Crippen MR) is 114 cm³/mol. The van der Waals surface area contributed by atoms with Crippen LogP contribution >= 0.6 is 0 Å². The lowest BCUT2D eigenvalue weighted by Gasteiger charge is -2.19. The van der Waals surface area contributed by atoms with Crippen molar-refractivity contribution in [1.82, 2.24) is 15.6 Å². The van der Waals surface area contributed by atoms with Crippen molar-refractivity contribution in [3.63, 3.8) is 0 Å². The lowest BCUT2D eigenvalue weighted by molar-refractivity contribution is 0.0942. The zero-order valence-corrected chi connectivity index (χ0v) is 16.6. The second-order valence-electron chi connectivity index (χ2n) is 6.96. The number of aromatic nitrogens is 1. The van der Waals surface area contributed by atoms with Crippen molar-refractivity contribution >= 4 is 11.7 Å². The van der Waals surface area contributed by atoms with Crippen LogP contribution in [-0.2, 0) is 6.42 Å². The highest BCUT2D eigenvalue weighted by Gasteiger charge is 2.14. The normalized spacial score (nSPS) is 11.6. The van der Waals surface area contributed by atoms with Crippen molar-refractivity contribution in [2.45, 2.75) is 18.9 Å². The third-order valence-corrected chi connectivity index (χ3v) is 4.72. The number of pyridine rings is 1. The minimum atomic E-state index is -0.287. The van der Waals surface area contributed by atoms with E-state index >= 15 is 0 Å². The number of rotatable bonds is 10. The van der Waals surface area contributed by atoms with Gasteiger partial charge in [0.25, 0.3) is 5.91 Å². The molecular weight excluding hydrogens is 381 g/mol. The van der Waals surface area contributed by atoms with Crippen LogP contribution in [0.4, 0.5) is 4.39 Å². The van der Waals surface area contributed by atoms with Crippen molar-refractivity contribution in [1.29, 1.82) is 0 Å². The zero-order chi connectivity index (χ0) is 21.2. The smallest absolute Gasteiger partial charge is 0.269 e. The Bertz CT molecular complexity index is 947. The standard InChI is InChI=1S/C24H24FN3O2/c25-20-11-9-18(10-12-20)16-21(28-17-23(29)19-6-2-1-3-7-19)13-15-27-24(30)22-8-4-5-14-26-22/h1-12,14,21,28H,13,15-17H2,(H,27,30)/t21-/m1/s1. The molecule has 0 unspecified atom stereocenters. The van der Waals surface area contributed by atoms with E-state index in [0.717, 1.165) is 5.56 Å². The van der Waals surface area contributed by atoms with Gasteiger partial charge in [0.15, 0.2) is 5.78 Å². The van der Waals surface area contributed by atoms with Gasteiger partial charge in [0.05, 0.1) is 6.54 Å². The summed E-state index contributed by atoms with van der Waals surface area (Å²) in [5.41, 5.74) is 1.96. The van der Waals surface area contributed by atoms with E-state index in [-0.39, 0.29) is 30.1 Å². The molecule has 0 saturated heterocycles. The van der Waals surface area contributed by atoms with E-state index in [1.807, 2.05) is 18.2 Å². The van der Waals surface area contributed by atoms with Gasteiger partial charge in [0.1, 0.15) is 11.5 Å². The van der Waals surface area contributed by atoms with Gasteiger partial charge in [0.2, 0.25) is 0 Å². The Labute approximate surface area is 175 Å². The first-order valence-corrected chi connectivity index (χ1v) is 9.87. The summed E-state index contributed by atoms with van der Waals surface area (Å²) in [5.74, 6) is -0.529. The molecule has 154 valence electrons. The summed E-state index contributed by atoms with van der Waals surface area (Å²) < 4.78 is 13.2. The average molecular weight is 405 g/mol. The van der Waals surface area contributed by atoms with Crippen LogP contribution in [-0.4, -0.2) is 35.8 Å². The number of carbonyl (C=O) groups is 2. The topological polar surface area (TPSA) is 71.1 Å². The molecule has 30 heavy (non-hydrogen) atoms. The Morgan fingerprint density at radius 2 is 1.67 bits per heavy atom. The number of carbonyl (C=O) groups excluding carboxylic acids is 2. The van der Waals surface area contributed by atoms with Crippen LogP contribution in [0, 0.1) is 5.82 Å². The molecule has 0 bridgehead atoms. The number of nitrogens with zero attached hydrogens (tertiary/aromatic N) is 1. The van der Waals surface area contributed by atoms with E-state index in [1.54, 1.807) is 48.7 Å². The van der Waals surface area contributed by atoms with Gasteiger partial charge in [-0.1, -0.05) is 48.5 Å². The van der Waals surface area contributed by atoms with E-state index in [9.17, 15) is 14.0 Å². The van der Waals surface area contributed by atoms with Gasteiger partial charge in [-0.15, -0.1) is 0 Å². The number of Topliss-reactive ketones (excluding diaryl/α,β-unsaturated/α-hetero) is 1. The summed E-state index contributed by atoms with van der Waals surface area (Å²) in [7, 11) is 0. The first kappa shape index (κ1) is 21.3. The maximum absolute atomic E-state index is 13.2. The zero-order valence-electron chi connectivity index (χ0n) is 16.6. The van der Waals surface area contributed by atoms with Gasteiger partial charge in [-0.05, 0) is 42.7 Å². The highest BCUT2D eigenvalue weighted by atomic mass is 19.1. The molecule has 1 amide bonds. The largest absolute Gasteiger partial charge is 0.351 e. The molecular formula is C24H24FN3O2. The van der Waals surface area contributed by atoms with Gasteiger partial charge in [-0.3, -0.25) is 14.6 Å². The Balaban J connectivity index is 1.57. The van der Waals surface area contributed by atoms with Crippen LogP contribution in [0.25, 0.3) is 0 Å². The number of hydrogen-bond acceptors (Lipinski definition) is 4. The predicted octanol–water partition coefficient (Wildman–Crippen LogP) is 3.42. The first-order valence-electron chi connectivity index (χ1n) is 9.87. The SMILES string of the molecule is O=C(CN[C@H](CCNC(=O)c1ccccn1)Cc1ccc(F)cc1)c1ccccc1. The maximum Gasteiger partial charge on any atom is 0.269 e. The molecule has 5 nitrogen and oxygen atoms in total. The van der Waals surface area contributed by atoms with Gasteiger partial charge in [0, 0.05) is 24.3 Å². The highest BCUT2D eigenvalue weighted by molar-refractivity contribution is 5.97. The number of amides is 1. The molecule has 0 aliphatic heterocycles. The fourth-order valence-electron chi connectivity index (χ4n) is 3.09. The summed E-state index contributed by atoms with van der Waals surface area (Å²) in [6.45, 7) is 0.609. The minimum absolute atomic E-state index is 0.00257. The Kier molecular flexibility index (Phi) is 7.80. The van der Waals surface area contributed by atoms with E-state index in [2.05, 4.69) is 15.6 Å². The summed E-state index contributed by atoms with van der Waals surface area (Å²) in [6.07, 6.45) is 2.79. The molecule has 3 rings (SSSR count). The van der Waals surface area contributed by atoms with E-state index in [4.69, 9.17) is 0 Å². The van der Waals surface area contributed by atoms with Crippen LogP contribution in [0.3, 0.4) is 0 Å². The summed E-state index contributed by atoms with van der Waals surface area (Å²) in [5, 5.41) is 6.14. The van der Waals surface area contributed by atoms with Crippen LogP contribution in [0.5, 0.6) is 0 Å². The quantitative estimate of drug-likeness (QED) is 0.507. The molecule has 3 aromatic rings.